The van der Waals surface area contributed by atoms with Gasteiger partial charge in [0.2, 0.25) is 0 Å². The van der Waals surface area contributed by atoms with E-state index in [0.717, 1.165) is 0 Å². The Kier molecular flexibility index (Phi) is 6.46. The van der Waals surface area contributed by atoms with Gasteiger partial charge >= 0.3 is 6.03 Å². The Morgan fingerprint density at radius 3 is 2.79 bits per heavy atom. The van der Waals surface area contributed by atoms with Gasteiger partial charge in [-0.1, -0.05) is 11.3 Å². The number of hydrogen-bond acceptors (Lipinski definition) is 7. The Labute approximate surface area is 193 Å². The lowest BCUT2D eigenvalue weighted by Crippen LogP contribution is -2.62. The van der Waals surface area contributed by atoms with E-state index in [9.17, 15) is 18.7 Å². The van der Waals surface area contributed by atoms with E-state index in [1.165, 1.54) is 35.7 Å². The Balaban J connectivity index is 1.44. The second-order valence-electron chi connectivity index (χ2n) is 8.64. The first-order valence-corrected chi connectivity index (χ1v) is 11.3. The standard InChI is InChI=1S/C22H25F2N5O3S/c1-22(2)12-28(19-16(24)8-13(10-25-19)7-15(31)11-30)5-6-29(22)21(32)27-20-26-17-4-3-14(23)9-18(17)33-20/h3-4,8-10,15,30-31H,5-7,11-12H2,1-2H3,(H,26,27,32)/t15-/m0/s1. The van der Waals surface area contributed by atoms with Crippen LogP contribution in [0.15, 0.2) is 30.5 Å². The summed E-state index contributed by atoms with van der Waals surface area (Å²) in [6.45, 7) is 4.44. The molecular formula is C22H25F2N5O3S. The van der Waals surface area contributed by atoms with Gasteiger partial charge in [-0.15, -0.1) is 0 Å². The number of carbonyl (C=O) groups excluding carboxylic acids is 1. The molecule has 1 aliphatic heterocycles. The number of pyridine rings is 1. The summed E-state index contributed by atoms with van der Waals surface area (Å²) in [5, 5.41) is 21.7. The van der Waals surface area contributed by atoms with Crippen molar-refractivity contribution in [1.29, 1.82) is 0 Å². The number of nitrogens with zero attached hydrogens (tertiary/aromatic N) is 4. The number of benzene rings is 1. The van der Waals surface area contributed by atoms with Gasteiger partial charge in [0.05, 0.1) is 28.5 Å². The third-order valence-corrected chi connectivity index (χ3v) is 6.51. The molecule has 8 nitrogen and oxygen atoms in total. The number of fused-ring (bicyclic) bond motifs is 1. The first kappa shape index (κ1) is 23.3. The van der Waals surface area contributed by atoms with Crippen LogP contribution in [0.4, 0.5) is 24.5 Å². The zero-order valence-corrected chi connectivity index (χ0v) is 19.1. The number of amides is 2. The van der Waals surface area contributed by atoms with Crippen molar-refractivity contribution in [1.82, 2.24) is 14.9 Å². The quantitative estimate of drug-likeness (QED) is 0.522. The Morgan fingerprint density at radius 2 is 2.09 bits per heavy atom. The molecule has 0 radical (unpaired) electrons. The minimum Gasteiger partial charge on any atom is -0.394 e. The number of aliphatic hydroxyl groups is 2. The number of rotatable bonds is 5. The van der Waals surface area contributed by atoms with Crippen LogP contribution in [-0.2, 0) is 6.42 Å². The van der Waals surface area contributed by atoms with Gasteiger partial charge in [-0.05, 0) is 43.7 Å². The Bertz CT molecular complexity index is 1170. The summed E-state index contributed by atoms with van der Waals surface area (Å²) in [7, 11) is 0. The summed E-state index contributed by atoms with van der Waals surface area (Å²) < 4.78 is 28.8. The molecule has 11 heteroatoms. The van der Waals surface area contributed by atoms with Gasteiger partial charge in [0.25, 0.3) is 0 Å². The van der Waals surface area contributed by atoms with Crippen molar-refractivity contribution < 1.29 is 23.8 Å². The van der Waals surface area contributed by atoms with Crippen LogP contribution in [0.2, 0.25) is 0 Å². The fourth-order valence-corrected chi connectivity index (χ4v) is 4.85. The number of piperazine rings is 1. The maximum absolute atomic E-state index is 14.7. The van der Waals surface area contributed by atoms with Crippen LogP contribution < -0.4 is 10.2 Å². The molecule has 1 atom stereocenters. The van der Waals surface area contributed by atoms with Gasteiger partial charge in [-0.25, -0.2) is 23.5 Å². The zero-order valence-electron chi connectivity index (χ0n) is 18.3. The molecule has 33 heavy (non-hydrogen) atoms. The third kappa shape index (κ3) is 5.05. The molecule has 1 saturated heterocycles. The number of urea groups is 1. The molecule has 0 aliphatic carbocycles. The van der Waals surface area contributed by atoms with E-state index in [1.54, 1.807) is 15.9 Å². The second kappa shape index (κ2) is 9.16. The number of hydrogen-bond donors (Lipinski definition) is 3. The minimum atomic E-state index is -0.965. The average Bonchev–Trinajstić information content (AvgIpc) is 3.14. The van der Waals surface area contributed by atoms with Crippen LogP contribution in [0, 0.1) is 11.6 Å². The molecular weight excluding hydrogens is 452 g/mol. The lowest BCUT2D eigenvalue weighted by atomic mass is 9.99. The van der Waals surface area contributed by atoms with E-state index in [2.05, 4.69) is 15.3 Å². The molecule has 0 saturated carbocycles. The summed E-state index contributed by atoms with van der Waals surface area (Å²) in [6, 6.07) is 5.24. The lowest BCUT2D eigenvalue weighted by molar-refractivity contribution is 0.0954. The van der Waals surface area contributed by atoms with Crippen molar-refractivity contribution in [3.05, 3.63) is 47.7 Å². The highest BCUT2D eigenvalue weighted by Gasteiger charge is 2.38. The molecule has 2 aromatic heterocycles. The largest absolute Gasteiger partial charge is 0.394 e. The van der Waals surface area contributed by atoms with Crippen LogP contribution in [0.25, 0.3) is 10.2 Å². The number of aliphatic hydroxyl groups excluding tert-OH is 2. The van der Waals surface area contributed by atoms with Crippen molar-refractivity contribution in [3.8, 4) is 0 Å². The predicted molar refractivity (Wildman–Crippen MR) is 123 cm³/mol. The number of halogens is 2. The minimum absolute atomic E-state index is 0.110. The highest BCUT2D eigenvalue weighted by molar-refractivity contribution is 7.22. The Hall–Kier alpha value is -2.89. The average molecular weight is 478 g/mol. The molecule has 3 heterocycles. The lowest BCUT2D eigenvalue weighted by Gasteiger charge is -2.47. The van der Waals surface area contributed by atoms with Crippen LogP contribution in [0.5, 0.6) is 0 Å². The molecule has 3 aromatic rings. The van der Waals surface area contributed by atoms with Crippen LogP contribution in [-0.4, -0.2) is 69.0 Å². The first-order valence-electron chi connectivity index (χ1n) is 10.5. The molecule has 0 unspecified atom stereocenters. The maximum Gasteiger partial charge on any atom is 0.324 e. The molecule has 1 aromatic carbocycles. The number of aromatic nitrogens is 2. The topological polar surface area (TPSA) is 102 Å². The molecule has 0 bridgehead atoms. The van der Waals surface area contributed by atoms with Gasteiger partial charge in [-0.2, -0.15) is 0 Å². The van der Waals surface area contributed by atoms with E-state index in [4.69, 9.17) is 5.11 Å². The monoisotopic (exact) mass is 477 g/mol. The normalized spacial score (nSPS) is 16.8. The van der Waals surface area contributed by atoms with E-state index >= 15 is 0 Å². The van der Waals surface area contributed by atoms with Crippen molar-refractivity contribution in [2.24, 2.45) is 0 Å². The van der Waals surface area contributed by atoms with Gasteiger partial charge in [0.1, 0.15) is 5.82 Å². The van der Waals surface area contributed by atoms with Crippen molar-refractivity contribution in [3.63, 3.8) is 0 Å². The molecule has 1 aliphatic rings. The molecule has 2 amide bonds. The fourth-order valence-electron chi connectivity index (χ4n) is 3.97. The van der Waals surface area contributed by atoms with Crippen LogP contribution >= 0.6 is 11.3 Å². The second-order valence-corrected chi connectivity index (χ2v) is 9.67. The molecule has 3 N–H and O–H groups in total. The smallest absolute Gasteiger partial charge is 0.324 e. The van der Waals surface area contributed by atoms with E-state index in [0.29, 0.717) is 40.5 Å². The first-order chi connectivity index (χ1) is 15.7. The fraction of sp³-hybridized carbons (Fsp3) is 0.409. The molecule has 0 spiro atoms. The zero-order chi connectivity index (χ0) is 23.8. The Morgan fingerprint density at radius 1 is 1.30 bits per heavy atom. The maximum atomic E-state index is 14.7. The van der Waals surface area contributed by atoms with Crippen LogP contribution in [0.3, 0.4) is 0 Å². The van der Waals surface area contributed by atoms with E-state index in [1.807, 2.05) is 13.8 Å². The van der Waals surface area contributed by atoms with Gasteiger partial charge in [0.15, 0.2) is 16.8 Å². The summed E-state index contributed by atoms with van der Waals surface area (Å²) in [4.78, 5) is 25.0. The summed E-state index contributed by atoms with van der Waals surface area (Å²) in [5.41, 5.74) is 0.466. The highest BCUT2D eigenvalue weighted by atomic mass is 32.1. The molecule has 176 valence electrons. The van der Waals surface area contributed by atoms with Crippen molar-refractivity contribution in [2.75, 3.05) is 36.5 Å². The summed E-state index contributed by atoms with van der Waals surface area (Å²) in [5.74, 6) is -0.702. The third-order valence-electron chi connectivity index (χ3n) is 5.57. The van der Waals surface area contributed by atoms with Crippen molar-refractivity contribution >= 4 is 38.5 Å². The number of nitrogens with one attached hydrogen (secondary N) is 1. The number of thiazole rings is 1. The highest BCUT2D eigenvalue weighted by Crippen LogP contribution is 2.30. The van der Waals surface area contributed by atoms with Gasteiger partial charge in [0, 0.05) is 32.3 Å². The SMILES string of the molecule is CC1(C)CN(c2ncc(C[C@H](O)CO)cc2F)CCN1C(=O)Nc1nc2ccc(F)cc2s1. The summed E-state index contributed by atoms with van der Waals surface area (Å²) >= 11 is 1.20. The van der Waals surface area contributed by atoms with E-state index in [-0.39, 0.29) is 24.1 Å². The van der Waals surface area contributed by atoms with Crippen LogP contribution in [0.1, 0.15) is 19.4 Å². The van der Waals surface area contributed by atoms with Gasteiger partial charge < -0.3 is 20.0 Å². The van der Waals surface area contributed by atoms with Gasteiger partial charge in [-0.3, -0.25) is 5.32 Å². The van der Waals surface area contributed by atoms with E-state index < -0.39 is 24.1 Å². The van der Waals surface area contributed by atoms with Crippen molar-refractivity contribution in [2.45, 2.75) is 31.9 Å². The molecule has 4 rings (SSSR count). The number of carbonyl (C=O) groups is 1. The number of anilines is 2. The summed E-state index contributed by atoms with van der Waals surface area (Å²) in [6.07, 6.45) is 0.630. The predicted octanol–water partition coefficient (Wildman–Crippen LogP) is 3.00. The molecule has 1 fully saturated rings.